The largest absolute Gasteiger partial charge is 0.354 e. The molecule has 1 aromatic carbocycles. The molecule has 2 heterocycles. The summed E-state index contributed by atoms with van der Waals surface area (Å²) in [6, 6.07) is 4.43. The van der Waals surface area contributed by atoms with Crippen LogP contribution in [0.1, 0.15) is 67.6 Å². The Morgan fingerprint density at radius 3 is 2.81 bits per heavy atom. The monoisotopic (exact) mass is 504 g/mol. The summed E-state index contributed by atoms with van der Waals surface area (Å²) in [4.78, 5) is 33.0. The molecular weight excluding hydrogens is 467 g/mol. The number of carbonyl (C=O) groups excluding carboxylic acids is 2. The summed E-state index contributed by atoms with van der Waals surface area (Å²) in [5.41, 5.74) is 3.17. The van der Waals surface area contributed by atoms with Crippen molar-refractivity contribution < 1.29 is 14.0 Å². The maximum atomic E-state index is 14.3. The van der Waals surface area contributed by atoms with Crippen LogP contribution >= 0.6 is 0 Å². The topological polar surface area (TPSA) is 74.3 Å². The van der Waals surface area contributed by atoms with Crippen LogP contribution in [0, 0.1) is 11.7 Å². The van der Waals surface area contributed by atoms with Gasteiger partial charge in [-0.05, 0) is 50.3 Å². The van der Waals surface area contributed by atoms with Crippen LogP contribution in [0.5, 0.6) is 0 Å². The quantitative estimate of drug-likeness (QED) is 0.488. The van der Waals surface area contributed by atoms with Crippen LogP contribution in [0.3, 0.4) is 0 Å². The van der Waals surface area contributed by atoms with Crippen LogP contribution in [0.2, 0.25) is 0 Å². The second-order valence-corrected chi connectivity index (χ2v) is 10.2. The van der Waals surface area contributed by atoms with Crippen LogP contribution in [0.25, 0.3) is 16.5 Å². The van der Waals surface area contributed by atoms with Gasteiger partial charge in [-0.2, -0.15) is 0 Å². The molecule has 4 rings (SSSR count). The molecule has 2 N–H and O–H groups in total. The number of nitrogens with zero attached hydrogens (tertiary/aromatic N) is 2. The van der Waals surface area contributed by atoms with Gasteiger partial charge in [-0.15, -0.1) is 0 Å². The highest BCUT2D eigenvalue weighted by atomic mass is 19.1. The number of rotatable bonds is 8. The molecule has 1 aliphatic carbocycles. The summed E-state index contributed by atoms with van der Waals surface area (Å²) in [5, 5.41) is 6.75. The fourth-order valence-corrected chi connectivity index (χ4v) is 5.46. The maximum Gasteiger partial charge on any atom is 0.252 e. The Morgan fingerprint density at radius 1 is 1.30 bits per heavy atom. The Hall–Kier alpha value is -3.32. The highest BCUT2D eigenvalue weighted by Gasteiger charge is 2.28. The molecule has 1 saturated heterocycles. The standard InChI is InChI=1S/C30H37FN4O2/c1-4-5-7-10-20(2)29-25(18-35-16-15-32-27(36)19-35)28(24-14-13-23(31)17-26(24)34-29)30(37)33-21(3)22-11-8-6-9-12-22/h4-5,7,10,13-14,17,21-22H,1,6,8-9,11-12,15-16,18-19H2,2-3H3,(H,32,36)(H,33,37)/b7-5-,20-10+/t21-/m0/s1. The molecule has 37 heavy (non-hydrogen) atoms. The minimum atomic E-state index is -0.401. The zero-order valence-corrected chi connectivity index (χ0v) is 21.9. The van der Waals surface area contributed by atoms with E-state index >= 15 is 0 Å². The molecule has 0 unspecified atom stereocenters. The predicted molar refractivity (Wildman–Crippen MR) is 146 cm³/mol. The zero-order chi connectivity index (χ0) is 26.4. The fourth-order valence-electron chi connectivity index (χ4n) is 5.46. The zero-order valence-electron chi connectivity index (χ0n) is 21.9. The number of piperazine rings is 1. The van der Waals surface area contributed by atoms with Crippen molar-refractivity contribution in [1.82, 2.24) is 20.5 Å². The normalized spacial score (nSPS) is 18.7. The first-order valence-corrected chi connectivity index (χ1v) is 13.3. The average Bonchev–Trinajstić information content (AvgIpc) is 2.88. The summed E-state index contributed by atoms with van der Waals surface area (Å²) >= 11 is 0. The number of nitrogens with one attached hydrogen (secondary N) is 2. The van der Waals surface area contributed by atoms with Gasteiger partial charge in [-0.25, -0.2) is 9.37 Å². The van der Waals surface area contributed by atoms with E-state index in [9.17, 15) is 14.0 Å². The lowest BCUT2D eigenvalue weighted by atomic mass is 9.84. The van der Waals surface area contributed by atoms with Crippen LogP contribution < -0.4 is 10.6 Å². The van der Waals surface area contributed by atoms with Crippen molar-refractivity contribution in [3.05, 3.63) is 71.7 Å². The summed E-state index contributed by atoms with van der Waals surface area (Å²) < 4.78 is 14.3. The van der Waals surface area contributed by atoms with E-state index in [1.807, 2.05) is 30.1 Å². The predicted octanol–water partition coefficient (Wildman–Crippen LogP) is 5.15. The number of benzene rings is 1. The third-order valence-corrected chi connectivity index (χ3v) is 7.46. The first kappa shape index (κ1) is 26.7. The molecule has 196 valence electrons. The number of hydrogen-bond donors (Lipinski definition) is 2. The van der Waals surface area contributed by atoms with Crippen LogP contribution in [-0.2, 0) is 11.3 Å². The van der Waals surface area contributed by atoms with E-state index < -0.39 is 5.82 Å². The lowest BCUT2D eigenvalue weighted by molar-refractivity contribution is -0.124. The van der Waals surface area contributed by atoms with Gasteiger partial charge in [-0.1, -0.05) is 50.1 Å². The summed E-state index contributed by atoms with van der Waals surface area (Å²) in [6.45, 7) is 9.59. The van der Waals surface area contributed by atoms with E-state index in [0.717, 1.165) is 24.0 Å². The summed E-state index contributed by atoms with van der Waals surface area (Å²) in [6.07, 6.45) is 13.1. The van der Waals surface area contributed by atoms with E-state index in [0.29, 0.717) is 47.7 Å². The van der Waals surface area contributed by atoms with E-state index in [1.165, 1.54) is 31.4 Å². The molecular formula is C30H37FN4O2. The number of halogens is 1. The van der Waals surface area contributed by atoms with Gasteiger partial charge in [0.05, 0.1) is 23.3 Å². The maximum absolute atomic E-state index is 14.3. The average molecular weight is 505 g/mol. The van der Waals surface area contributed by atoms with E-state index in [2.05, 4.69) is 24.1 Å². The molecule has 2 fully saturated rings. The molecule has 1 saturated carbocycles. The minimum absolute atomic E-state index is 0.0284. The Labute approximate surface area is 218 Å². The number of carbonyl (C=O) groups is 2. The second-order valence-electron chi connectivity index (χ2n) is 10.2. The van der Waals surface area contributed by atoms with Gasteiger partial charge in [0.25, 0.3) is 5.91 Å². The highest BCUT2D eigenvalue weighted by molar-refractivity contribution is 6.08. The van der Waals surface area contributed by atoms with Gasteiger partial charge in [-0.3, -0.25) is 14.5 Å². The molecule has 7 heteroatoms. The Bertz CT molecular complexity index is 1230. The van der Waals surface area contributed by atoms with Crippen molar-refractivity contribution in [2.24, 2.45) is 5.92 Å². The third-order valence-electron chi connectivity index (χ3n) is 7.46. The van der Waals surface area contributed by atoms with Gasteiger partial charge in [0, 0.05) is 42.7 Å². The van der Waals surface area contributed by atoms with Crippen molar-refractivity contribution in [3.8, 4) is 0 Å². The van der Waals surface area contributed by atoms with Crippen molar-refractivity contribution >= 4 is 28.3 Å². The van der Waals surface area contributed by atoms with E-state index in [4.69, 9.17) is 4.98 Å². The smallest absolute Gasteiger partial charge is 0.252 e. The van der Waals surface area contributed by atoms with Gasteiger partial charge in [0.15, 0.2) is 0 Å². The molecule has 1 aliphatic heterocycles. The number of aromatic nitrogens is 1. The molecule has 2 amide bonds. The highest BCUT2D eigenvalue weighted by Crippen LogP contribution is 2.31. The molecule has 0 radical (unpaired) electrons. The van der Waals surface area contributed by atoms with Gasteiger partial charge >= 0.3 is 0 Å². The van der Waals surface area contributed by atoms with Crippen molar-refractivity contribution in [2.75, 3.05) is 19.6 Å². The van der Waals surface area contributed by atoms with Gasteiger partial charge < -0.3 is 10.6 Å². The molecule has 2 aromatic rings. The lowest BCUT2D eigenvalue weighted by Crippen LogP contribution is -2.47. The molecule has 0 spiro atoms. The minimum Gasteiger partial charge on any atom is -0.354 e. The number of hydrogen-bond acceptors (Lipinski definition) is 4. The van der Waals surface area contributed by atoms with Crippen LogP contribution in [-0.4, -0.2) is 47.4 Å². The van der Waals surface area contributed by atoms with Crippen LogP contribution in [0.4, 0.5) is 4.39 Å². The molecule has 6 nitrogen and oxygen atoms in total. The van der Waals surface area contributed by atoms with E-state index in [1.54, 1.807) is 12.1 Å². The van der Waals surface area contributed by atoms with E-state index in [-0.39, 0.29) is 24.4 Å². The summed E-state index contributed by atoms with van der Waals surface area (Å²) in [5.74, 6) is -0.171. The molecule has 1 atom stereocenters. The van der Waals surface area contributed by atoms with Gasteiger partial charge in [0.1, 0.15) is 5.82 Å². The number of allylic oxidation sites excluding steroid dienone is 5. The Kier molecular flexibility index (Phi) is 8.87. The van der Waals surface area contributed by atoms with Crippen LogP contribution in [0.15, 0.2) is 49.1 Å². The fraction of sp³-hybridized carbons (Fsp3) is 0.433. The van der Waals surface area contributed by atoms with Crippen molar-refractivity contribution in [3.63, 3.8) is 0 Å². The van der Waals surface area contributed by atoms with Crippen molar-refractivity contribution in [2.45, 2.75) is 58.5 Å². The number of pyridine rings is 1. The first-order valence-electron chi connectivity index (χ1n) is 13.3. The molecule has 0 bridgehead atoms. The number of amides is 2. The molecule has 1 aromatic heterocycles. The Morgan fingerprint density at radius 2 is 2.08 bits per heavy atom. The molecule has 2 aliphatic rings. The first-order chi connectivity index (χ1) is 17.9. The summed E-state index contributed by atoms with van der Waals surface area (Å²) in [7, 11) is 0. The third kappa shape index (κ3) is 6.52. The Balaban J connectivity index is 1.83. The second kappa shape index (κ2) is 12.3. The number of fused-ring (bicyclic) bond motifs is 1. The van der Waals surface area contributed by atoms with Crippen molar-refractivity contribution in [1.29, 1.82) is 0 Å². The SMILES string of the molecule is C=C/C=C\C=C(/C)c1nc2cc(F)ccc2c(C(=O)N[C@@H](C)C2CCCCC2)c1CN1CCNC(=O)C1. The van der Waals surface area contributed by atoms with Gasteiger partial charge in [0.2, 0.25) is 5.91 Å². The lowest BCUT2D eigenvalue weighted by Gasteiger charge is -2.30.